The first-order chi connectivity index (χ1) is 9.20. The van der Waals surface area contributed by atoms with Crippen LogP contribution in [-0.4, -0.2) is 44.0 Å². The van der Waals surface area contributed by atoms with E-state index in [4.69, 9.17) is 0 Å². The molecule has 1 N–H and O–H groups in total. The summed E-state index contributed by atoms with van der Waals surface area (Å²) in [6, 6.07) is 0.491. The number of aliphatic hydroxyl groups is 1. The van der Waals surface area contributed by atoms with Gasteiger partial charge in [-0.2, -0.15) is 5.10 Å². The molecule has 1 fully saturated rings. The minimum atomic E-state index is 0.140. The van der Waals surface area contributed by atoms with Crippen molar-refractivity contribution in [2.45, 2.75) is 32.2 Å². The van der Waals surface area contributed by atoms with Crippen molar-refractivity contribution < 1.29 is 5.11 Å². The Morgan fingerprint density at radius 1 is 1.42 bits per heavy atom. The van der Waals surface area contributed by atoms with Gasteiger partial charge in [0.25, 0.3) is 0 Å². The van der Waals surface area contributed by atoms with Gasteiger partial charge in [-0.15, -0.1) is 0 Å². The van der Waals surface area contributed by atoms with Crippen LogP contribution in [0.4, 0.5) is 5.82 Å². The zero-order valence-electron chi connectivity index (χ0n) is 11.4. The van der Waals surface area contributed by atoms with Gasteiger partial charge in [-0.1, -0.05) is 0 Å². The maximum Gasteiger partial charge on any atom is 0.163 e. The van der Waals surface area contributed by atoms with Crippen LogP contribution >= 0.6 is 0 Å². The van der Waals surface area contributed by atoms with Crippen LogP contribution in [0.5, 0.6) is 0 Å². The van der Waals surface area contributed by atoms with E-state index >= 15 is 0 Å². The molecule has 2 heterocycles. The Labute approximate surface area is 112 Å². The molecule has 1 aliphatic carbocycles. The maximum absolute atomic E-state index is 9.31. The fourth-order valence-corrected chi connectivity index (χ4v) is 2.60. The highest BCUT2D eigenvalue weighted by atomic mass is 16.3. The van der Waals surface area contributed by atoms with Crippen LogP contribution in [0.3, 0.4) is 0 Å². The number of aromatic nitrogens is 4. The third-order valence-electron chi connectivity index (χ3n) is 3.81. The molecule has 0 saturated heterocycles. The zero-order chi connectivity index (χ0) is 13.4. The normalized spacial score (nSPS) is 15.7. The van der Waals surface area contributed by atoms with Gasteiger partial charge in [-0.25, -0.2) is 9.97 Å². The summed E-state index contributed by atoms with van der Waals surface area (Å²) in [6.07, 6.45) is 5.41. The molecule has 0 spiro atoms. The molecule has 1 aliphatic rings. The Morgan fingerprint density at radius 3 is 2.84 bits per heavy atom. The molecule has 0 radical (unpaired) electrons. The first-order valence-corrected chi connectivity index (χ1v) is 6.74. The lowest BCUT2D eigenvalue weighted by Gasteiger charge is -2.38. The minimum Gasteiger partial charge on any atom is -0.395 e. The van der Waals surface area contributed by atoms with E-state index in [0.29, 0.717) is 12.6 Å². The van der Waals surface area contributed by atoms with Crippen LogP contribution in [0.1, 0.15) is 25.1 Å². The molecule has 0 amide bonds. The van der Waals surface area contributed by atoms with Crippen LogP contribution in [0.2, 0.25) is 0 Å². The third-order valence-corrected chi connectivity index (χ3v) is 3.81. The molecular formula is C13H19N5O. The molecule has 0 aliphatic heterocycles. The highest BCUT2D eigenvalue weighted by molar-refractivity contribution is 5.87. The summed E-state index contributed by atoms with van der Waals surface area (Å²) in [5.74, 6) is 1.66. The molecule has 1 saturated carbocycles. The van der Waals surface area contributed by atoms with E-state index in [1.807, 2.05) is 20.2 Å². The summed E-state index contributed by atoms with van der Waals surface area (Å²) in [7, 11) is 1.89. The second-order valence-electron chi connectivity index (χ2n) is 5.10. The SMILES string of the molecule is Cc1nc(N(CCO)C2CCC2)c2cnn(C)c2n1. The average Bonchev–Trinajstić information content (AvgIpc) is 2.68. The van der Waals surface area contributed by atoms with Gasteiger partial charge >= 0.3 is 0 Å². The van der Waals surface area contributed by atoms with Crippen molar-refractivity contribution in [3.63, 3.8) is 0 Å². The second-order valence-corrected chi connectivity index (χ2v) is 5.10. The number of aliphatic hydroxyl groups excluding tert-OH is 1. The van der Waals surface area contributed by atoms with Crippen LogP contribution in [-0.2, 0) is 7.05 Å². The van der Waals surface area contributed by atoms with Gasteiger partial charge < -0.3 is 10.0 Å². The molecule has 0 aromatic carbocycles. The molecule has 0 unspecified atom stereocenters. The van der Waals surface area contributed by atoms with Crippen molar-refractivity contribution in [1.29, 1.82) is 0 Å². The predicted molar refractivity (Wildman–Crippen MR) is 73.1 cm³/mol. The number of hydrogen-bond acceptors (Lipinski definition) is 5. The molecule has 2 aromatic rings. The second kappa shape index (κ2) is 4.77. The van der Waals surface area contributed by atoms with E-state index in [-0.39, 0.29) is 6.61 Å². The van der Waals surface area contributed by atoms with Gasteiger partial charge in [-0.3, -0.25) is 4.68 Å². The highest BCUT2D eigenvalue weighted by Crippen LogP contribution is 2.32. The summed E-state index contributed by atoms with van der Waals surface area (Å²) in [4.78, 5) is 11.2. The van der Waals surface area contributed by atoms with Crippen molar-refractivity contribution in [3.8, 4) is 0 Å². The van der Waals surface area contributed by atoms with E-state index in [2.05, 4.69) is 20.0 Å². The average molecular weight is 261 g/mol. The first kappa shape index (κ1) is 12.3. The topological polar surface area (TPSA) is 67.1 Å². The molecule has 0 atom stereocenters. The van der Waals surface area contributed by atoms with Crippen LogP contribution in [0, 0.1) is 6.92 Å². The third kappa shape index (κ3) is 2.06. The molecule has 6 nitrogen and oxygen atoms in total. The summed E-state index contributed by atoms with van der Waals surface area (Å²) >= 11 is 0. The Bertz CT molecular complexity index is 590. The van der Waals surface area contributed by atoms with Gasteiger partial charge in [0.15, 0.2) is 5.65 Å². The summed E-state index contributed by atoms with van der Waals surface area (Å²) < 4.78 is 1.77. The van der Waals surface area contributed by atoms with Gasteiger partial charge in [-0.05, 0) is 26.2 Å². The van der Waals surface area contributed by atoms with Gasteiger partial charge in [0.05, 0.1) is 18.2 Å². The van der Waals surface area contributed by atoms with E-state index in [0.717, 1.165) is 22.7 Å². The Kier molecular flexibility index (Phi) is 3.10. The molecule has 19 heavy (non-hydrogen) atoms. The Hall–Kier alpha value is -1.69. The van der Waals surface area contributed by atoms with Crippen molar-refractivity contribution in [2.24, 2.45) is 7.05 Å². The molecule has 0 bridgehead atoms. The van der Waals surface area contributed by atoms with Gasteiger partial charge in [0, 0.05) is 19.6 Å². The fourth-order valence-electron chi connectivity index (χ4n) is 2.60. The van der Waals surface area contributed by atoms with Crippen molar-refractivity contribution in [1.82, 2.24) is 19.7 Å². The fraction of sp³-hybridized carbons (Fsp3) is 0.615. The smallest absolute Gasteiger partial charge is 0.163 e. The lowest BCUT2D eigenvalue weighted by Crippen LogP contribution is -2.42. The predicted octanol–water partition coefficient (Wildman–Crippen LogP) is 1.02. The van der Waals surface area contributed by atoms with Crippen molar-refractivity contribution in [3.05, 3.63) is 12.0 Å². The van der Waals surface area contributed by atoms with Gasteiger partial charge in [0.1, 0.15) is 11.6 Å². The largest absolute Gasteiger partial charge is 0.395 e. The summed E-state index contributed by atoms with van der Waals surface area (Å²) in [5.41, 5.74) is 0.852. The number of fused-ring (bicyclic) bond motifs is 1. The number of rotatable bonds is 4. The van der Waals surface area contributed by atoms with Crippen LogP contribution in [0.15, 0.2) is 6.20 Å². The van der Waals surface area contributed by atoms with E-state index < -0.39 is 0 Å². The minimum absolute atomic E-state index is 0.140. The molecule has 102 valence electrons. The van der Waals surface area contributed by atoms with E-state index in [1.54, 1.807) is 4.68 Å². The molecule has 2 aromatic heterocycles. The van der Waals surface area contributed by atoms with Crippen LogP contribution < -0.4 is 4.90 Å². The Morgan fingerprint density at radius 2 is 2.21 bits per heavy atom. The highest BCUT2D eigenvalue weighted by Gasteiger charge is 2.27. The van der Waals surface area contributed by atoms with Crippen molar-refractivity contribution in [2.75, 3.05) is 18.1 Å². The molecule has 3 rings (SSSR count). The molecular weight excluding hydrogens is 242 g/mol. The monoisotopic (exact) mass is 261 g/mol. The van der Waals surface area contributed by atoms with Crippen molar-refractivity contribution >= 4 is 16.9 Å². The maximum atomic E-state index is 9.31. The van der Waals surface area contributed by atoms with E-state index in [1.165, 1.54) is 19.3 Å². The standard InChI is InChI=1S/C13H19N5O/c1-9-15-12-11(8-14-17(12)2)13(16-9)18(6-7-19)10-4-3-5-10/h8,10,19H,3-7H2,1-2H3. The Balaban J connectivity index is 2.10. The first-order valence-electron chi connectivity index (χ1n) is 6.74. The zero-order valence-corrected chi connectivity index (χ0v) is 11.4. The number of anilines is 1. The quantitative estimate of drug-likeness (QED) is 0.890. The van der Waals surface area contributed by atoms with Crippen LogP contribution in [0.25, 0.3) is 11.0 Å². The number of hydrogen-bond donors (Lipinski definition) is 1. The molecule has 6 heteroatoms. The number of nitrogens with zero attached hydrogens (tertiary/aromatic N) is 5. The lowest BCUT2D eigenvalue weighted by molar-refractivity contribution is 0.283. The lowest BCUT2D eigenvalue weighted by atomic mass is 9.91. The summed E-state index contributed by atoms with van der Waals surface area (Å²) in [5, 5.41) is 14.5. The van der Waals surface area contributed by atoms with E-state index in [9.17, 15) is 5.11 Å². The number of aryl methyl sites for hydroxylation is 2. The van der Waals surface area contributed by atoms with Gasteiger partial charge in [0.2, 0.25) is 0 Å². The summed E-state index contributed by atoms with van der Waals surface area (Å²) in [6.45, 7) is 2.65.